The third-order valence-corrected chi connectivity index (χ3v) is 6.09. The molecule has 0 radical (unpaired) electrons. The molecule has 1 aliphatic rings. The number of amides is 1. The molecular weight excluding hydrogens is 421 g/mol. The fourth-order valence-electron chi connectivity index (χ4n) is 3.45. The number of rotatable bonds is 5. The summed E-state index contributed by atoms with van der Waals surface area (Å²) >= 11 is 0. The molecule has 0 aromatic heterocycles. The predicted octanol–water partition coefficient (Wildman–Crippen LogP) is 2.85. The van der Waals surface area contributed by atoms with Crippen LogP contribution in [0, 0.1) is 17.1 Å². The molecule has 1 heterocycles. The Hall–Kier alpha value is -3.12. The fourth-order valence-corrected chi connectivity index (χ4v) is 4.19. The molecule has 0 atom stereocenters. The van der Waals surface area contributed by atoms with Gasteiger partial charge in [-0.2, -0.15) is 5.26 Å². The molecule has 3 rings (SSSR count). The van der Waals surface area contributed by atoms with Gasteiger partial charge in [0.1, 0.15) is 16.2 Å². The molecule has 2 aromatic carbocycles. The summed E-state index contributed by atoms with van der Waals surface area (Å²) in [5.41, 5.74) is 1.14. The zero-order chi connectivity index (χ0) is 22.8. The molecule has 0 unspecified atom stereocenters. The molecule has 0 bridgehead atoms. The second-order valence-corrected chi connectivity index (χ2v) is 9.61. The van der Waals surface area contributed by atoms with Crippen LogP contribution in [0.25, 0.3) is 0 Å². The van der Waals surface area contributed by atoms with Gasteiger partial charge in [0, 0.05) is 38.1 Å². The lowest BCUT2D eigenvalue weighted by Crippen LogP contribution is -2.49. The van der Waals surface area contributed by atoms with Crippen LogP contribution in [-0.4, -0.2) is 57.8 Å². The summed E-state index contributed by atoms with van der Waals surface area (Å²) < 4.78 is 44.7. The summed E-state index contributed by atoms with van der Waals surface area (Å²) in [5, 5.41) is 8.93. The minimum atomic E-state index is -3.85. The number of nitriles is 1. The summed E-state index contributed by atoms with van der Waals surface area (Å²) in [7, 11) is -3.85. The van der Waals surface area contributed by atoms with Gasteiger partial charge >= 0.3 is 0 Å². The molecule has 0 N–H and O–H groups in total. The quantitative estimate of drug-likeness (QED) is 0.703. The van der Waals surface area contributed by atoms with Gasteiger partial charge < -0.3 is 14.5 Å². The Balaban J connectivity index is 1.84. The molecule has 1 aliphatic heterocycles. The third-order valence-electron chi connectivity index (χ3n) is 4.97. The number of benzene rings is 2. The highest BCUT2D eigenvalue weighted by atomic mass is 32.2. The Morgan fingerprint density at radius 2 is 1.71 bits per heavy atom. The average Bonchev–Trinajstić information content (AvgIpc) is 2.72. The standard InChI is InChI=1S/C22H24FN3O4S/c1-15(2)30-18-8-9-19(31(3,28)29)21(23)20(18)22(27)26-12-10-25(11-13-26)17-6-4-16(14-24)5-7-17/h4-9,15H,10-13H2,1-3H3. The van der Waals surface area contributed by atoms with Gasteiger partial charge in [0.05, 0.1) is 17.7 Å². The van der Waals surface area contributed by atoms with Crippen LogP contribution in [0.2, 0.25) is 0 Å². The lowest BCUT2D eigenvalue weighted by atomic mass is 10.1. The number of halogens is 1. The zero-order valence-corrected chi connectivity index (χ0v) is 18.4. The number of ether oxygens (including phenoxy) is 1. The van der Waals surface area contributed by atoms with Crippen molar-refractivity contribution in [2.24, 2.45) is 0 Å². The largest absolute Gasteiger partial charge is 0.490 e. The Morgan fingerprint density at radius 3 is 2.23 bits per heavy atom. The van der Waals surface area contributed by atoms with E-state index in [1.165, 1.54) is 11.0 Å². The van der Waals surface area contributed by atoms with Gasteiger partial charge in [-0.25, -0.2) is 12.8 Å². The van der Waals surface area contributed by atoms with E-state index in [4.69, 9.17) is 10.00 Å². The van der Waals surface area contributed by atoms with Crippen LogP contribution < -0.4 is 9.64 Å². The summed E-state index contributed by atoms with van der Waals surface area (Å²) in [5.74, 6) is -1.65. The number of hydrogen-bond donors (Lipinski definition) is 0. The van der Waals surface area contributed by atoms with Gasteiger partial charge in [-0.1, -0.05) is 0 Å². The van der Waals surface area contributed by atoms with E-state index in [2.05, 4.69) is 11.0 Å². The number of hydrogen-bond acceptors (Lipinski definition) is 6. The molecular formula is C22H24FN3O4S. The van der Waals surface area contributed by atoms with Crippen molar-refractivity contribution in [1.82, 2.24) is 4.90 Å². The summed E-state index contributed by atoms with van der Waals surface area (Å²) in [4.78, 5) is 16.2. The van der Waals surface area contributed by atoms with Crippen LogP contribution in [0.4, 0.5) is 10.1 Å². The van der Waals surface area contributed by atoms with Crippen molar-refractivity contribution in [3.63, 3.8) is 0 Å². The first kappa shape index (κ1) is 22.6. The van der Waals surface area contributed by atoms with Crippen LogP contribution in [0.1, 0.15) is 29.8 Å². The molecule has 164 valence electrons. The molecule has 0 spiro atoms. The van der Waals surface area contributed by atoms with Crippen molar-refractivity contribution in [2.45, 2.75) is 24.8 Å². The SMILES string of the molecule is CC(C)Oc1ccc(S(C)(=O)=O)c(F)c1C(=O)N1CCN(c2ccc(C#N)cc2)CC1. The predicted molar refractivity (Wildman–Crippen MR) is 115 cm³/mol. The van der Waals surface area contributed by atoms with Gasteiger partial charge in [0.15, 0.2) is 15.7 Å². The molecule has 2 aromatic rings. The van der Waals surface area contributed by atoms with E-state index in [0.29, 0.717) is 31.7 Å². The molecule has 31 heavy (non-hydrogen) atoms. The first-order valence-electron chi connectivity index (χ1n) is 9.85. The Morgan fingerprint density at radius 1 is 1.10 bits per heavy atom. The lowest BCUT2D eigenvalue weighted by Gasteiger charge is -2.36. The molecule has 0 aliphatic carbocycles. The van der Waals surface area contributed by atoms with Crippen LogP contribution in [0.5, 0.6) is 5.75 Å². The molecule has 1 fully saturated rings. The van der Waals surface area contributed by atoms with E-state index in [1.54, 1.807) is 26.0 Å². The third kappa shape index (κ3) is 4.97. The number of nitrogens with zero attached hydrogens (tertiary/aromatic N) is 3. The maximum absolute atomic E-state index is 15.2. The topological polar surface area (TPSA) is 90.7 Å². The van der Waals surface area contributed by atoms with Crippen molar-refractivity contribution < 1.29 is 22.3 Å². The number of carbonyl (C=O) groups excluding carboxylic acids is 1. The molecule has 7 nitrogen and oxygen atoms in total. The molecule has 0 saturated carbocycles. The maximum Gasteiger partial charge on any atom is 0.260 e. The highest BCUT2D eigenvalue weighted by Gasteiger charge is 2.30. The van der Waals surface area contributed by atoms with E-state index in [9.17, 15) is 13.2 Å². The molecule has 1 saturated heterocycles. The molecule has 9 heteroatoms. The van der Waals surface area contributed by atoms with Crippen LogP contribution in [0.3, 0.4) is 0 Å². The van der Waals surface area contributed by atoms with E-state index >= 15 is 4.39 Å². The van der Waals surface area contributed by atoms with Gasteiger partial charge in [-0.05, 0) is 50.2 Å². The van der Waals surface area contributed by atoms with Gasteiger partial charge in [0.2, 0.25) is 0 Å². The van der Waals surface area contributed by atoms with E-state index in [1.807, 2.05) is 12.1 Å². The van der Waals surface area contributed by atoms with E-state index in [-0.39, 0.29) is 17.4 Å². The van der Waals surface area contributed by atoms with Crippen molar-refractivity contribution in [2.75, 3.05) is 37.3 Å². The van der Waals surface area contributed by atoms with Gasteiger partial charge in [-0.15, -0.1) is 0 Å². The van der Waals surface area contributed by atoms with Crippen LogP contribution in [-0.2, 0) is 9.84 Å². The van der Waals surface area contributed by atoms with E-state index in [0.717, 1.165) is 18.0 Å². The smallest absolute Gasteiger partial charge is 0.260 e. The van der Waals surface area contributed by atoms with Crippen LogP contribution >= 0.6 is 0 Å². The number of sulfone groups is 1. The van der Waals surface area contributed by atoms with Gasteiger partial charge in [0.25, 0.3) is 5.91 Å². The van der Waals surface area contributed by atoms with Gasteiger partial charge in [-0.3, -0.25) is 4.79 Å². The first-order chi connectivity index (χ1) is 14.6. The van der Waals surface area contributed by atoms with Crippen molar-refractivity contribution in [3.05, 3.63) is 53.3 Å². The maximum atomic E-state index is 15.2. The Bertz CT molecular complexity index is 1120. The lowest BCUT2D eigenvalue weighted by molar-refractivity contribution is 0.0734. The minimum Gasteiger partial charge on any atom is -0.490 e. The normalized spacial score (nSPS) is 14.5. The second-order valence-electron chi connectivity index (χ2n) is 7.63. The van der Waals surface area contributed by atoms with Crippen molar-refractivity contribution in [1.29, 1.82) is 5.26 Å². The average molecular weight is 446 g/mol. The summed E-state index contributed by atoms with van der Waals surface area (Å²) in [6.07, 6.45) is 0.585. The summed E-state index contributed by atoms with van der Waals surface area (Å²) in [6.45, 7) is 5.20. The van der Waals surface area contributed by atoms with Crippen molar-refractivity contribution >= 4 is 21.4 Å². The fraction of sp³-hybridized carbons (Fsp3) is 0.364. The van der Waals surface area contributed by atoms with E-state index < -0.39 is 26.5 Å². The van der Waals surface area contributed by atoms with Crippen molar-refractivity contribution in [3.8, 4) is 11.8 Å². The second kappa shape index (κ2) is 8.94. The minimum absolute atomic E-state index is 0.0272. The summed E-state index contributed by atoms with van der Waals surface area (Å²) in [6, 6.07) is 11.7. The number of piperazine rings is 1. The Kier molecular flexibility index (Phi) is 6.51. The number of carbonyl (C=O) groups is 1. The molecule has 1 amide bonds. The Labute approximate surface area is 181 Å². The van der Waals surface area contributed by atoms with Crippen LogP contribution in [0.15, 0.2) is 41.3 Å². The zero-order valence-electron chi connectivity index (χ0n) is 17.6. The highest BCUT2D eigenvalue weighted by molar-refractivity contribution is 7.90. The first-order valence-corrected chi connectivity index (χ1v) is 11.7. The number of anilines is 1. The monoisotopic (exact) mass is 445 g/mol. The highest BCUT2D eigenvalue weighted by Crippen LogP contribution is 2.30.